The number of piperidine rings is 1. The van der Waals surface area contributed by atoms with Gasteiger partial charge in [0, 0.05) is 31.2 Å². The summed E-state index contributed by atoms with van der Waals surface area (Å²) < 4.78 is 0. The summed E-state index contributed by atoms with van der Waals surface area (Å²) in [4.78, 5) is 5.50. The molecule has 1 unspecified atom stereocenters. The molecule has 0 radical (unpaired) electrons. The minimum Gasteiger partial charge on any atom is -0.328 e. The van der Waals surface area contributed by atoms with Crippen molar-refractivity contribution in [1.82, 2.24) is 9.80 Å². The zero-order valence-corrected chi connectivity index (χ0v) is 14.7. The van der Waals surface area contributed by atoms with Crippen molar-refractivity contribution in [3.8, 4) is 0 Å². The fraction of sp³-hybridized carbons (Fsp3) is 1.00. The third-order valence-corrected chi connectivity index (χ3v) is 5.29. The van der Waals surface area contributed by atoms with Crippen molar-refractivity contribution >= 4 is 0 Å². The van der Waals surface area contributed by atoms with Gasteiger partial charge >= 0.3 is 0 Å². The van der Waals surface area contributed by atoms with Crippen molar-refractivity contribution in [2.45, 2.75) is 77.9 Å². The minimum atomic E-state index is 0.452. The van der Waals surface area contributed by atoms with Gasteiger partial charge in [-0.25, -0.2) is 0 Å². The highest BCUT2D eigenvalue weighted by atomic mass is 15.3. The number of nitrogens with two attached hydrogens (primary N) is 1. The van der Waals surface area contributed by atoms with Crippen LogP contribution in [0.5, 0.6) is 0 Å². The summed E-state index contributed by atoms with van der Waals surface area (Å²) in [6, 6.07) is 2.04. The maximum absolute atomic E-state index is 6.04. The van der Waals surface area contributed by atoms with Crippen LogP contribution in [0.25, 0.3) is 0 Å². The second-order valence-corrected chi connectivity index (χ2v) is 8.22. The van der Waals surface area contributed by atoms with Gasteiger partial charge in [0.1, 0.15) is 0 Å². The zero-order chi connectivity index (χ0) is 15.4. The summed E-state index contributed by atoms with van der Waals surface area (Å²) in [7, 11) is 0. The van der Waals surface area contributed by atoms with Crippen molar-refractivity contribution in [1.29, 1.82) is 0 Å². The van der Waals surface area contributed by atoms with Crippen LogP contribution in [0.2, 0.25) is 0 Å². The Morgan fingerprint density at radius 1 is 0.905 bits per heavy atom. The van der Waals surface area contributed by atoms with E-state index < -0.39 is 0 Å². The predicted molar refractivity (Wildman–Crippen MR) is 91.5 cm³/mol. The van der Waals surface area contributed by atoms with E-state index in [2.05, 4.69) is 37.5 Å². The first kappa shape index (κ1) is 17.2. The number of likely N-dealkylation sites (tertiary alicyclic amines) is 2. The molecule has 3 nitrogen and oxygen atoms in total. The molecule has 0 aliphatic carbocycles. The van der Waals surface area contributed by atoms with Gasteiger partial charge in [0.05, 0.1) is 0 Å². The fourth-order valence-electron chi connectivity index (χ4n) is 4.17. The first-order valence-electron chi connectivity index (χ1n) is 9.19. The Balaban J connectivity index is 1.86. The smallest absolute Gasteiger partial charge is 0.0235 e. The molecule has 2 rings (SSSR count). The molecule has 0 aromatic rings. The number of hydrogen-bond donors (Lipinski definition) is 1. The average molecular weight is 296 g/mol. The molecule has 0 aromatic heterocycles. The largest absolute Gasteiger partial charge is 0.328 e. The molecule has 1 atom stereocenters. The Kier molecular flexibility index (Phi) is 6.51. The molecule has 2 fully saturated rings. The Hall–Kier alpha value is -0.120. The molecule has 2 heterocycles. The Morgan fingerprint density at radius 3 is 2.00 bits per heavy atom. The summed E-state index contributed by atoms with van der Waals surface area (Å²) in [6.07, 6.45) is 6.46. The topological polar surface area (TPSA) is 32.5 Å². The van der Waals surface area contributed by atoms with Crippen molar-refractivity contribution < 1.29 is 0 Å². The molecule has 0 aromatic carbocycles. The highest BCUT2D eigenvalue weighted by Gasteiger charge is 2.33. The highest BCUT2D eigenvalue weighted by Crippen LogP contribution is 2.26. The maximum Gasteiger partial charge on any atom is 0.0235 e. The van der Waals surface area contributed by atoms with Crippen LogP contribution in [0.4, 0.5) is 0 Å². The van der Waals surface area contributed by atoms with E-state index in [1.165, 1.54) is 58.3 Å². The molecular weight excluding hydrogens is 258 g/mol. The van der Waals surface area contributed by atoms with Gasteiger partial charge in [-0.05, 0) is 57.0 Å². The molecular formula is C18H37N3. The molecule has 3 heteroatoms. The van der Waals surface area contributed by atoms with Crippen molar-refractivity contribution in [2.24, 2.45) is 17.6 Å². The SMILES string of the molecule is CC(C)CC(CC(C)C)N1CCC(N2CCC(N)CC2)C1. The molecule has 0 saturated carbocycles. The van der Waals surface area contributed by atoms with Crippen LogP contribution in [0.3, 0.4) is 0 Å². The van der Waals surface area contributed by atoms with Crippen LogP contribution in [0.15, 0.2) is 0 Å². The summed E-state index contributed by atoms with van der Waals surface area (Å²) >= 11 is 0. The van der Waals surface area contributed by atoms with Gasteiger partial charge in [-0.3, -0.25) is 9.80 Å². The van der Waals surface area contributed by atoms with Crippen LogP contribution in [0, 0.1) is 11.8 Å². The average Bonchev–Trinajstić information content (AvgIpc) is 2.87. The maximum atomic E-state index is 6.04. The highest BCUT2D eigenvalue weighted by molar-refractivity contribution is 4.90. The lowest BCUT2D eigenvalue weighted by Gasteiger charge is -2.36. The van der Waals surface area contributed by atoms with E-state index in [1.807, 2.05) is 0 Å². The Morgan fingerprint density at radius 2 is 1.48 bits per heavy atom. The predicted octanol–water partition coefficient (Wildman–Crippen LogP) is 2.94. The second kappa shape index (κ2) is 7.94. The van der Waals surface area contributed by atoms with E-state index in [0.29, 0.717) is 6.04 Å². The van der Waals surface area contributed by atoms with E-state index in [-0.39, 0.29) is 0 Å². The van der Waals surface area contributed by atoms with Crippen LogP contribution in [-0.4, -0.2) is 54.1 Å². The monoisotopic (exact) mass is 295 g/mol. The van der Waals surface area contributed by atoms with Gasteiger partial charge in [-0.1, -0.05) is 27.7 Å². The third-order valence-electron chi connectivity index (χ3n) is 5.29. The molecule has 0 spiro atoms. The van der Waals surface area contributed by atoms with E-state index in [4.69, 9.17) is 5.73 Å². The van der Waals surface area contributed by atoms with Gasteiger partial charge in [0.25, 0.3) is 0 Å². The standard InChI is InChI=1S/C18H37N3/c1-14(2)11-18(12-15(3)4)21-10-7-17(13-21)20-8-5-16(19)6-9-20/h14-18H,5-13,19H2,1-4H3. The van der Waals surface area contributed by atoms with Crippen LogP contribution >= 0.6 is 0 Å². The molecule has 124 valence electrons. The third kappa shape index (κ3) is 5.22. The molecule has 21 heavy (non-hydrogen) atoms. The number of hydrogen-bond acceptors (Lipinski definition) is 3. The number of nitrogens with zero attached hydrogens (tertiary/aromatic N) is 2. The molecule has 2 aliphatic heterocycles. The lowest BCUT2D eigenvalue weighted by Crippen LogP contribution is -2.46. The Bertz CT molecular complexity index is 285. The van der Waals surface area contributed by atoms with E-state index >= 15 is 0 Å². The van der Waals surface area contributed by atoms with E-state index in [9.17, 15) is 0 Å². The van der Waals surface area contributed by atoms with Crippen LogP contribution in [-0.2, 0) is 0 Å². The quantitative estimate of drug-likeness (QED) is 0.818. The van der Waals surface area contributed by atoms with Gasteiger partial charge < -0.3 is 5.73 Å². The lowest BCUT2D eigenvalue weighted by atomic mass is 9.94. The molecule has 0 bridgehead atoms. The molecule has 2 saturated heterocycles. The van der Waals surface area contributed by atoms with Gasteiger partial charge in [0.2, 0.25) is 0 Å². The first-order valence-corrected chi connectivity index (χ1v) is 9.19. The molecule has 2 N–H and O–H groups in total. The number of rotatable bonds is 6. The molecule has 0 amide bonds. The molecule has 2 aliphatic rings. The zero-order valence-electron chi connectivity index (χ0n) is 14.7. The van der Waals surface area contributed by atoms with Crippen molar-refractivity contribution in [3.05, 3.63) is 0 Å². The van der Waals surface area contributed by atoms with Gasteiger partial charge in [-0.15, -0.1) is 0 Å². The summed E-state index contributed by atoms with van der Waals surface area (Å²) in [6.45, 7) is 14.5. The summed E-state index contributed by atoms with van der Waals surface area (Å²) in [5.41, 5.74) is 6.04. The van der Waals surface area contributed by atoms with E-state index in [1.54, 1.807) is 0 Å². The summed E-state index contributed by atoms with van der Waals surface area (Å²) in [5.74, 6) is 1.61. The lowest BCUT2D eigenvalue weighted by molar-refractivity contribution is 0.132. The van der Waals surface area contributed by atoms with Crippen molar-refractivity contribution in [3.63, 3.8) is 0 Å². The fourth-order valence-corrected chi connectivity index (χ4v) is 4.17. The first-order chi connectivity index (χ1) is 9.95. The van der Waals surface area contributed by atoms with Gasteiger partial charge in [0.15, 0.2) is 0 Å². The summed E-state index contributed by atoms with van der Waals surface area (Å²) in [5, 5.41) is 0. The van der Waals surface area contributed by atoms with Crippen molar-refractivity contribution in [2.75, 3.05) is 26.2 Å². The second-order valence-electron chi connectivity index (χ2n) is 8.22. The minimum absolute atomic E-state index is 0.452. The van der Waals surface area contributed by atoms with Crippen LogP contribution < -0.4 is 5.73 Å². The van der Waals surface area contributed by atoms with Gasteiger partial charge in [-0.2, -0.15) is 0 Å². The normalized spacial score (nSPS) is 26.6. The van der Waals surface area contributed by atoms with E-state index in [0.717, 1.165) is 23.9 Å². The van der Waals surface area contributed by atoms with Crippen LogP contribution in [0.1, 0.15) is 59.8 Å². The Labute approximate surface area is 132 Å².